The van der Waals surface area contributed by atoms with Crippen molar-refractivity contribution in [1.82, 2.24) is 4.72 Å². The first-order valence-electron chi connectivity index (χ1n) is 5.96. The van der Waals surface area contributed by atoms with Crippen molar-refractivity contribution in [1.29, 1.82) is 0 Å². The molecule has 0 bridgehead atoms. The molecule has 106 valence electrons. The lowest BCUT2D eigenvalue weighted by Gasteiger charge is -2.09. The van der Waals surface area contributed by atoms with E-state index in [2.05, 4.69) is 4.72 Å². The first kappa shape index (κ1) is 14.6. The van der Waals surface area contributed by atoms with Crippen molar-refractivity contribution in [3.63, 3.8) is 0 Å². The maximum atomic E-state index is 13.6. The Morgan fingerprint density at radius 2 is 1.75 bits per heavy atom. The van der Waals surface area contributed by atoms with Crippen LogP contribution in [0.5, 0.6) is 0 Å². The van der Waals surface area contributed by atoms with Gasteiger partial charge < -0.3 is 5.11 Å². The molecule has 6 heteroatoms. The smallest absolute Gasteiger partial charge is 0.243 e. The van der Waals surface area contributed by atoms with E-state index in [-0.39, 0.29) is 13.2 Å². The maximum Gasteiger partial charge on any atom is 0.243 e. The van der Waals surface area contributed by atoms with Crippen molar-refractivity contribution in [2.45, 2.75) is 18.0 Å². The zero-order valence-corrected chi connectivity index (χ0v) is 11.4. The summed E-state index contributed by atoms with van der Waals surface area (Å²) < 4.78 is 40.1. The third-order valence-corrected chi connectivity index (χ3v) is 4.19. The Morgan fingerprint density at radius 3 is 2.40 bits per heavy atom. The topological polar surface area (TPSA) is 66.4 Å². The highest BCUT2D eigenvalue weighted by molar-refractivity contribution is 7.89. The molecule has 0 unspecified atom stereocenters. The quantitative estimate of drug-likeness (QED) is 0.884. The third kappa shape index (κ3) is 3.41. The molecule has 0 aromatic heterocycles. The largest absolute Gasteiger partial charge is 0.392 e. The fraction of sp³-hybridized carbons (Fsp3) is 0.143. The molecular formula is C14H14FNO3S. The first-order valence-corrected chi connectivity index (χ1v) is 7.44. The van der Waals surface area contributed by atoms with E-state index in [4.69, 9.17) is 5.11 Å². The van der Waals surface area contributed by atoms with Gasteiger partial charge in [-0.05, 0) is 23.3 Å². The molecule has 0 spiro atoms. The monoisotopic (exact) mass is 295 g/mol. The summed E-state index contributed by atoms with van der Waals surface area (Å²) in [6.45, 7) is -0.270. The summed E-state index contributed by atoms with van der Waals surface area (Å²) in [4.78, 5) is -0.458. The molecule has 0 heterocycles. The number of hydrogen-bond donors (Lipinski definition) is 2. The fourth-order valence-corrected chi connectivity index (χ4v) is 2.85. The average Bonchev–Trinajstić information content (AvgIpc) is 2.47. The lowest BCUT2D eigenvalue weighted by Crippen LogP contribution is -2.24. The van der Waals surface area contributed by atoms with Gasteiger partial charge in [0.15, 0.2) is 0 Å². The second-order valence-corrected chi connectivity index (χ2v) is 5.97. The summed E-state index contributed by atoms with van der Waals surface area (Å²) in [5, 5.41) is 8.99. The SMILES string of the molecule is O=S(=O)(NCc1ccccc1)c1cc(CO)ccc1F. The number of sulfonamides is 1. The molecule has 0 aliphatic heterocycles. The number of aliphatic hydroxyl groups is 1. The van der Waals surface area contributed by atoms with E-state index in [1.165, 1.54) is 6.07 Å². The molecule has 0 radical (unpaired) electrons. The molecule has 0 saturated heterocycles. The van der Waals surface area contributed by atoms with Crippen LogP contribution < -0.4 is 4.72 Å². The van der Waals surface area contributed by atoms with Gasteiger partial charge in [-0.2, -0.15) is 0 Å². The predicted octanol–water partition coefficient (Wildman–Crippen LogP) is 1.80. The maximum absolute atomic E-state index is 13.6. The summed E-state index contributed by atoms with van der Waals surface area (Å²) in [6.07, 6.45) is 0. The van der Waals surface area contributed by atoms with Crippen molar-refractivity contribution in [2.75, 3.05) is 0 Å². The van der Waals surface area contributed by atoms with Crippen molar-refractivity contribution in [2.24, 2.45) is 0 Å². The van der Waals surface area contributed by atoms with Crippen molar-refractivity contribution in [3.05, 3.63) is 65.5 Å². The third-order valence-electron chi connectivity index (χ3n) is 2.78. The van der Waals surface area contributed by atoms with Crippen molar-refractivity contribution in [3.8, 4) is 0 Å². The second kappa shape index (κ2) is 6.13. The fourth-order valence-electron chi connectivity index (χ4n) is 1.70. The highest BCUT2D eigenvalue weighted by Gasteiger charge is 2.19. The van der Waals surface area contributed by atoms with Gasteiger partial charge in [-0.15, -0.1) is 0 Å². The van der Waals surface area contributed by atoms with Gasteiger partial charge in [0.05, 0.1) is 6.61 Å². The van der Waals surface area contributed by atoms with Gasteiger partial charge in [0.2, 0.25) is 10.0 Å². The molecule has 2 rings (SSSR count). The molecule has 0 atom stereocenters. The lowest BCUT2D eigenvalue weighted by molar-refractivity contribution is 0.281. The summed E-state index contributed by atoms with van der Waals surface area (Å²) in [5.41, 5.74) is 1.11. The molecule has 2 aromatic rings. The van der Waals surface area contributed by atoms with Crippen LogP contribution in [-0.4, -0.2) is 13.5 Å². The van der Waals surface area contributed by atoms with Gasteiger partial charge in [0, 0.05) is 6.54 Å². The minimum atomic E-state index is -3.96. The molecular weight excluding hydrogens is 281 g/mol. The van der Waals surface area contributed by atoms with Crippen LogP contribution in [0.4, 0.5) is 4.39 Å². The van der Waals surface area contributed by atoms with Gasteiger partial charge >= 0.3 is 0 Å². The molecule has 0 amide bonds. The van der Waals surface area contributed by atoms with Crippen LogP contribution in [0.1, 0.15) is 11.1 Å². The zero-order chi connectivity index (χ0) is 14.6. The van der Waals surface area contributed by atoms with Crippen LogP contribution in [0.3, 0.4) is 0 Å². The number of nitrogens with one attached hydrogen (secondary N) is 1. The molecule has 20 heavy (non-hydrogen) atoms. The highest BCUT2D eigenvalue weighted by Crippen LogP contribution is 2.17. The lowest BCUT2D eigenvalue weighted by atomic mass is 10.2. The number of halogens is 1. The Hall–Kier alpha value is -1.76. The van der Waals surface area contributed by atoms with Crippen LogP contribution in [0.15, 0.2) is 53.4 Å². The van der Waals surface area contributed by atoms with Crippen LogP contribution in [0, 0.1) is 5.82 Å². The normalized spacial score (nSPS) is 11.5. The number of hydrogen-bond acceptors (Lipinski definition) is 3. The highest BCUT2D eigenvalue weighted by atomic mass is 32.2. The second-order valence-electron chi connectivity index (χ2n) is 4.23. The Kier molecular flexibility index (Phi) is 4.49. The summed E-state index contributed by atoms with van der Waals surface area (Å²) in [5.74, 6) is -0.845. The summed E-state index contributed by atoms with van der Waals surface area (Å²) >= 11 is 0. The zero-order valence-electron chi connectivity index (χ0n) is 10.6. The molecule has 0 aliphatic carbocycles. The minimum Gasteiger partial charge on any atom is -0.392 e. The summed E-state index contributed by atoms with van der Waals surface area (Å²) in [6, 6.07) is 12.4. The van der Waals surface area contributed by atoms with Crippen LogP contribution >= 0.6 is 0 Å². The van der Waals surface area contributed by atoms with E-state index in [1.54, 1.807) is 24.3 Å². The van der Waals surface area contributed by atoms with Crippen LogP contribution in [-0.2, 0) is 23.2 Å². The molecule has 0 saturated carbocycles. The van der Waals surface area contributed by atoms with Crippen molar-refractivity contribution < 1.29 is 17.9 Å². The van der Waals surface area contributed by atoms with E-state index in [0.29, 0.717) is 5.56 Å². The Morgan fingerprint density at radius 1 is 1.05 bits per heavy atom. The molecule has 4 nitrogen and oxygen atoms in total. The molecule has 0 fully saturated rings. The molecule has 2 N–H and O–H groups in total. The molecule has 2 aromatic carbocycles. The molecule has 0 aliphatic rings. The minimum absolute atomic E-state index is 0.0754. The average molecular weight is 295 g/mol. The van der Waals surface area contributed by atoms with Gasteiger partial charge in [-0.25, -0.2) is 17.5 Å². The van der Waals surface area contributed by atoms with Crippen LogP contribution in [0.2, 0.25) is 0 Å². The Balaban J connectivity index is 2.22. The van der Waals surface area contributed by atoms with E-state index >= 15 is 0 Å². The van der Waals surface area contributed by atoms with Gasteiger partial charge in [-0.3, -0.25) is 0 Å². The first-order chi connectivity index (χ1) is 9.53. The van der Waals surface area contributed by atoms with Gasteiger partial charge in [0.25, 0.3) is 0 Å². The Labute approximate surface area is 116 Å². The Bertz CT molecular complexity index is 687. The number of aliphatic hydroxyl groups excluding tert-OH is 1. The van der Waals surface area contributed by atoms with Gasteiger partial charge in [-0.1, -0.05) is 36.4 Å². The summed E-state index contributed by atoms with van der Waals surface area (Å²) in [7, 11) is -3.96. The van der Waals surface area contributed by atoms with Crippen LogP contribution in [0.25, 0.3) is 0 Å². The predicted molar refractivity (Wildman–Crippen MR) is 72.8 cm³/mol. The van der Waals surface area contributed by atoms with Crippen molar-refractivity contribution >= 4 is 10.0 Å². The van der Waals surface area contributed by atoms with Gasteiger partial charge in [0.1, 0.15) is 10.7 Å². The number of benzene rings is 2. The van der Waals surface area contributed by atoms with E-state index in [9.17, 15) is 12.8 Å². The van der Waals surface area contributed by atoms with E-state index in [1.807, 2.05) is 6.07 Å². The van der Waals surface area contributed by atoms with E-state index < -0.39 is 20.7 Å². The van der Waals surface area contributed by atoms with E-state index in [0.717, 1.165) is 17.7 Å². The standard InChI is InChI=1S/C14H14FNO3S/c15-13-7-6-12(10-17)8-14(13)20(18,19)16-9-11-4-2-1-3-5-11/h1-8,16-17H,9-10H2. The number of rotatable bonds is 5.